The van der Waals surface area contributed by atoms with E-state index < -0.39 is 12.1 Å². The number of anilines is 1. The number of methoxy groups -OCH3 is 1. The molecule has 1 aromatic rings. The lowest BCUT2D eigenvalue weighted by Gasteiger charge is -2.16. The number of carbonyl (C=O) groups excluding carboxylic acids is 8. The summed E-state index contributed by atoms with van der Waals surface area (Å²) in [5, 5.41) is 13.7. The number of aldehydes is 4. The molecule has 0 aliphatic rings. The van der Waals surface area contributed by atoms with Crippen LogP contribution in [0.1, 0.15) is 112 Å². The van der Waals surface area contributed by atoms with E-state index in [0.29, 0.717) is 138 Å². The van der Waals surface area contributed by atoms with Gasteiger partial charge in [0, 0.05) is 72.2 Å². The van der Waals surface area contributed by atoms with Crippen LogP contribution in [0.3, 0.4) is 0 Å². The summed E-state index contributed by atoms with van der Waals surface area (Å²) >= 11 is 0. The molecule has 0 radical (unpaired) electrons. The van der Waals surface area contributed by atoms with Gasteiger partial charge in [-0.05, 0) is 50.4 Å². The quantitative estimate of drug-likeness (QED) is 0.0391. The lowest BCUT2D eigenvalue weighted by atomic mass is 10.1. The number of benzene rings is 1. The second-order valence-electron chi connectivity index (χ2n) is 17.2. The molecule has 0 spiro atoms. The Kier molecular flexibility index (Phi) is 74.4. The fourth-order valence-electron chi connectivity index (χ4n) is 5.64. The summed E-state index contributed by atoms with van der Waals surface area (Å²) in [6, 6.07) is 7.05. The number of nitrogens with two attached hydrogens (primary N) is 1. The first-order valence-corrected chi connectivity index (χ1v) is 28.3. The Morgan fingerprint density at radius 2 is 1.07 bits per heavy atom. The number of primary amides is 1. The molecular formula is C57H109N7O17. The van der Waals surface area contributed by atoms with E-state index in [1.165, 1.54) is 36.6 Å². The third-order valence-electron chi connectivity index (χ3n) is 10.2. The smallest absolute Gasteiger partial charge is 0.312 e. The van der Waals surface area contributed by atoms with Gasteiger partial charge >= 0.3 is 6.03 Å². The average Bonchev–Trinajstić information content (AvgIpc) is 3.46. The van der Waals surface area contributed by atoms with Crippen LogP contribution in [0.5, 0.6) is 0 Å². The van der Waals surface area contributed by atoms with Crippen molar-refractivity contribution < 1.29 is 81.0 Å². The van der Waals surface area contributed by atoms with Crippen LogP contribution in [0.2, 0.25) is 0 Å². The molecule has 7 N–H and O–H groups in total. The van der Waals surface area contributed by atoms with Crippen molar-refractivity contribution in [3.8, 4) is 0 Å². The Morgan fingerprint density at radius 1 is 0.617 bits per heavy atom. The van der Waals surface area contributed by atoms with E-state index in [2.05, 4.69) is 52.6 Å². The Hall–Kier alpha value is -5.02. The average molecular weight is 1160 g/mol. The number of hydrogen-bond donors (Lipinski definition) is 6. The largest absolute Gasteiger partial charge is 0.388 e. The van der Waals surface area contributed by atoms with Crippen LogP contribution < -0.4 is 32.3 Å². The monoisotopic (exact) mass is 1160 g/mol. The highest BCUT2D eigenvalue weighted by atomic mass is 16.6. The molecule has 0 heterocycles. The molecule has 0 aliphatic carbocycles. The lowest BCUT2D eigenvalue weighted by Crippen LogP contribution is -2.40. The summed E-state index contributed by atoms with van der Waals surface area (Å²) < 4.78 is 48.4. The van der Waals surface area contributed by atoms with Crippen molar-refractivity contribution >= 4 is 54.6 Å². The van der Waals surface area contributed by atoms with Gasteiger partial charge in [-0.15, -0.1) is 0 Å². The molecule has 81 heavy (non-hydrogen) atoms. The Balaban J connectivity index is -0.000000464. The Labute approximate surface area is 485 Å². The van der Waals surface area contributed by atoms with Crippen LogP contribution in [0.15, 0.2) is 24.3 Å². The van der Waals surface area contributed by atoms with Crippen molar-refractivity contribution in [3.63, 3.8) is 0 Å². The second kappa shape index (κ2) is 71.1. The zero-order valence-corrected chi connectivity index (χ0v) is 51.3. The molecule has 0 saturated heterocycles. The van der Waals surface area contributed by atoms with E-state index in [9.17, 15) is 33.6 Å². The van der Waals surface area contributed by atoms with Crippen molar-refractivity contribution in [2.24, 2.45) is 11.7 Å². The van der Waals surface area contributed by atoms with Crippen LogP contribution >= 0.6 is 0 Å². The highest BCUT2D eigenvalue weighted by Gasteiger charge is 2.15. The molecule has 2 atom stereocenters. The first-order valence-electron chi connectivity index (χ1n) is 28.3. The molecule has 0 saturated carbocycles. The summed E-state index contributed by atoms with van der Waals surface area (Å²) in [5.41, 5.74) is 7.17. The summed E-state index contributed by atoms with van der Waals surface area (Å²) in [6.07, 6.45) is 9.30. The van der Waals surface area contributed by atoms with E-state index in [4.69, 9.17) is 53.2 Å². The standard InChI is InChI=1S/C32H59N3O13.C9H13NO.C7H15N3O2.C5H12.C2H4O.C2H6/c1-28(2)29(27-37)34-31(39)7-11-41-13-15-43-17-19-45-21-23-47-25-26-48-24-22-46-20-18-44-16-14-42-12-8-33-30(38)6-9-35(3)32(40)5-4-10-36;1-10-9-5-3-8(4-6-9)7-11-2;1-9-6(5-11)3-2-4-10-7(8)12;1-3-5-4-2;1-2-3;1-2/h10,27-29H,4-9,11-26H2,1-3H3,(H,33,38)(H,34,39);3-6,10H,7H2,1-2H3;5-6,9H,2-4H2,1H3,(H3,8,10,12);3-5H2,1-2H3;2H,1H3;1-2H3. The molecule has 0 fully saturated rings. The van der Waals surface area contributed by atoms with Crippen molar-refractivity contribution in [1.29, 1.82) is 0 Å². The number of unbranched alkanes of at least 4 members (excludes halogenated alkanes) is 2. The Morgan fingerprint density at radius 3 is 1.43 bits per heavy atom. The predicted octanol–water partition coefficient (Wildman–Crippen LogP) is 4.32. The molecule has 0 aromatic heterocycles. The van der Waals surface area contributed by atoms with Crippen LogP contribution in [-0.2, 0) is 82.8 Å². The van der Waals surface area contributed by atoms with Gasteiger partial charge < -0.3 is 99.0 Å². The number of nitrogens with one attached hydrogen (secondary N) is 5. The normalized spacial score (nSPS) is 10.8. The zero-order valence-electron chi connectivity index (χ0n) is 51.3. The van der Waals surface area contributed by atoms with E-state index in [1.54, 1.807) is 21.2 Å². The van der Waals surface area contributed by atoms with E-state index in [0.717, 1.165) is 31.0 Å². The van der Waals surface area contributed by atoms with Gasteiger partial charge in [0.2, 0.25) is 17.7 Å². The number of rotatable bonds is 47. The number of urea groups is 1. The summed E-state index contributed by atoms with van der Waals surface area (Å²) in [7, 11) is 6.94. The lowest BCUT2D eigenvalue weighted by molar-refractivity contribution is -0.131. The molecule has 1 aromatic carbocycles. The number of amides is 5. The van der Waals surface area contributed by atoms with Crippen LogP contribution in [-0.4, -0.2) is 219 Å². The minimum Gasteiger partial charge on any atom is -0.388 e. The van der Waals surface area contributed by atoms with Crippen molar-refractivity contribution in [3.05, 3.63) is 29.8 Å². The highest BCUT2D eigenvalue weighted by molar-refractivity contribution is 5.80. The maximum Gasteiger partial charge on any atom is 0.312 e. The second-order valence-corrected chi connectivity index (χ2v) is 17.2. The molecule has 24 heteroatoms. The van der Waals surface area contributed by atoms with Gasteiger partial charge in [-0.25, -0.2) is 4.79 Å². The number of carbonyl (C=O) groups is 8. The molecule has 0 aliphatic heterocycles. The zero-order chi connectivity index (χ0) is 61.8. The van der Waals surface area contributed by atoms with Gasteiger partial charge in [0.15, 0.2) is 0 Å². The summed E-state index contributed by atoms with van der Waals surface area (Å²) in [6.45, 7) is 22.1. The minimum atomic E-state index is -0.526. The maximum absolute atomic E-state index is 11.8. The van der Waals surface area contributed by atoms with Gasteiger partial charge in [0.05, 0.1) is 124 Å². The summed E-state index contributed by atoms with van der Waals surface area (Å²) in [4.78, 5) is 87.3. The fourth-order valence-corrected chi connectivity index (χ4v) is 5.64. The number of likely N-dealkylation sites (N-methyl/N-ethyl adjacent to an activating group) is 1. The minimum absolute atomic E-state index is 0.0506. The fraction of sp³-hybridized carbons (Fsp3) is 0.754. The van der Waals surface area contributed by atoms with Gasteiger partial charge in [-0.2, -0.15) is 0 Å². The Bertz CT molecular complexity index is 1570. The van der Waals surface area contributed by atoms with Crippen LogP contribution in [0, 0.1) is 5.92 Å². The number of hydrogen-bond acceptors (Lipinski definition) is 19. The van der Waals surface area contributed by atoms with Gasteiger partial charge in [0.1, 0.15) is 25.1 Å². The molecular weight excluding hydrogens is 1050 g/mol. The molecule has 0 bridgehead atoms. The molecule has 1 rings (SSSR count). The van der Waals surface area contributed by atoms with Gasteiger partial charge in [-0.3, -0.25) is 14.4 Å². The van der Waals surface area contributed by atoms with E-state index >= 15 is 0 Å². The van der Waals surface area contributed by atoms with Gasteiger partial charge in [-0.1, -0.05) is 72.9 Å². The first-order chi connectivity index (χ1) is 39.2. The van der Waals surface area contributed by atoms with Crippen molar-refractivity contribution in [1.82, 2.24) is 26.2 Å². The van der Waals surface area contributed by atoms with Crippen molar-refractivity contribution in [2.75, 3.05) is 159 Å². The third-order valence-corrected chi connectivity index (χ3v) is 10.2. The van der Waals surface area contributed by atoms with E-state index in [1.807, 2.05) is 46.9 Å². The maximum atomic E-state index is 11.8. The molecule has 2 unspecified atom stereocenters. The third kappa shape index (κ3) is 69.2. The number of ether oxygens (including phenoxy) is 9. The van der Waals surface area contributed by atoms with Crippen molar-refractivity contribution in [2.45, 2.75) is 125 Å². The first kappa shape index (κ1) is 84.8. The highest BCUT2D eigenvalue weighted by Crippen LogP contribution is 2.09. The predicted molar refractivity (Wildman–Crippen MR) is 315 cm³/mol. The van der Waals surface area contributed by atoms with Crippen LogP contribution in [0.25, 0.3) is 0 Å². The SMILES string of the molecule is CC.CC(C)C(C=O)NC(=O)CCOCCOCCOCCOCCOCCOCCOCCOCCNC(=O)CCN(C)C(=O)CCC=O.CC=O.CCCCC.CNC(C=O)CCCNC(N)=O.CNc1ccc(COC)cc1. The molecule has 5 amide bonds. The van der Waals surface area contributed by atoms with Crippen LogP contribution in [0.4, 0.5) is 10.5 Å². The number of nitrogens with zero attached hydrogens (tertiary/aromatic N) is 1. The van der Waals surface area contributed by atoms with E-state index in [-0.39, 0.29) is 62.0 Å². The van der Waals surface area contributed by atoms with Gasteiger partial charge in [0.25, 0.3) is 0 Å². The summed E-state index contributed by atoms with van der Waals surface area (Å²) in [5.74, 6) is -0.488. The topological polar surface area (TPSA) is 309 Å². The molecule has 474 valence electrons. The molecule has 24 nitrogen and oxygen atoms in total.